The summed E-state index contributed by atoms with van der Waals surface area (Å²) in [7, 11) is 1.59. The third-order valence-electron chi connectivity index (χ3n) is 5.72. The largest absolute Gasteiger partial charge is 0.478 e. The minimum absolute atomic E-state index is 0.0252. The lowest BCUT2D eigenvalue weighted by Gasteiger charge is -2.20. The standard InChI is InChI=1S/C28H30N2O3/c1-28(2,3)20-12-10-19(11-13-20)23(18-21-14-17-26(31)29-21)24-15-16-25(27(30-24)32-4)33-22-8-6-5-7-9-22/h5-13,15-16,18,21H,14,17H2,1-4H3,(H,29,31)/t21-/m1/s1. The van der Waals surface area contributed by atoms with Crippen LogP contribution in [0.4, 0.5) is 0 Å². The summed E-state index contributed by atoms with van der Waals surface area (Å²) in [6, 6.07) is 21.9. The SMILES string of the molecule is COc1nc(C(=C[C@H]2CCC(=O)N2)c2ccc(C(C)(C)C)cc2)ccc1Oc1ccccc1. The monoisotopic (exact) mass is 442 g/mol. The van der Waals surface area contributed by atoms with Crippen LogP contribution in [-0.4, -0.2) is 24.0 Å². The van der Waals surface area contributed by atoms with Crippen molar-refractivity contribution in [3.8, 4) is 17.4 Å². The molecule has 2 heterocycles. The number of para-hydroxylation sites is 1. The van der Waals surface area contributed by atoms with Crippen LogP contribution in [0.15, 0.2) is 72.8 Å². The Morgan fingerprint density at radius 1 is 1.03 bits per heavy atom. The Labute approximate surface area is 195 Å². The van der Waals surface area contributed by atoms with E-state index < -0.39 is 0 Å². The molecule has 0 radical (unpaired) electrons. The summed E-state index contributed by atoms with van der Waals surface area (Å²) in [5.74, 6) is 1.75. The Morgan fingerprint density at radius 2 is 1.76 bits per heavy atom. The number of hydrogen-bond donors (Lipinski definition) is 1. The number of benzene rings is 2. The van der Waals surface area contributed by atoms with Gasteiger partial charge in [-0.3, -0.25) is 4.79 Å². The van der Waals surface area contributed by atoms with Gasteiger partial charge in [-0.2, -0.15) is 0 Å². The second-order valence-corrected chi connectivity index (χ2v) is 9.24. The summed E-state index contributed by atoms with van der Waals surface area (Å²) in [5.41, 5.74) is 4.08. The van der Waals surface area contributed by atoms with E-state index in [-0.39, 0.29) is 17.4 Å². The van der Waals surface area contributed by atoms with Gasteiger partial charge in [0.25, 0.3) is 5.88 Å². The molecule has 0 spiro atoms. The Hall–Kier alpha value is -3.60. The molecule has 1 saturated heterocycles. The molecule has 1 atom stereocenters. The molecular formula is C28H30N2O3. The Kier molecular flexibility index (Phi) is 6.50. The molecule has 2 aromatic carbocycles. The lowest BCUT2D eigenvalue weighted by Crippen LogP contribution is -2.23. The van der Waals surface area contributed by atoms with Gasteiger partial charge in [-0.15, -0.1) is 0 Å². The highest BCUT2D eigenvalue weighted by Crippen LogP contribution is 2.34. The van der Waals surface area contributed by atoms with Gasteiger partial charge < -0.3 is 14.8 Å². The fourth-order valence-electron chi connectivity index (χ4n) is 3.86. The van der Waals surface area contributed by atoms with Crippen LogP contribution in [-0.2, 0) is 10.2 Å². The average molecular weight is 443 g/mol. The van der Waals surface area contributed by atoms with Crippen LogP contribution < -0.4 is 14.8 Å². The number of carbonyl (C=O) groups excluding carboxylic acids is 1. The predicted molar refractivity (Wildman–Crippen MR) is 131 cm³/mol. The first-order valence-corrected chi connectivity index (χ1v) is 11.2. The molecule has 5 heteroatoms. The van der Waals surface area contributed by atoms with E-state index in [0.717, 1.165) is 23.3 Å². The number of rotatable bonds is 6. The van der Waals surface area contributed by atoms with Gasteiger partial charge in [0.1, 0.15) is 5.75 Å². The van der Waals surface area contributed by atoms with Crippen molar-refractivity contribution in [1.82, 2.24) is 10.3 Å². The molecule has 33 heavy (non-hydrogen) atoms. The Morgan fingerprint density at radius 3 is 2.36 bits per heavy atom. The minimum atomic E-state index is -0.0252. The van der Waals surface area contributed by atoms with Crippen molar-refractivity contribution in [1.29, 1.82) is 0 Å². The molecule has 1 aromatic heterocycles. The molecule has 5 nitrogen and oxygen atoms in total. The van der Waals surface area contributed by atoms with Crippen molar-refractivity contribution >= 4 is 11.5 Å². The highest BCUT2D eigenvalue weighted by molar-refractivity contribution is 5.82. The van der Waals surface area contributed by atoms with Crippen molar-refractivity contribution in [2.45, 2.75) is 45.1 Å². The van der Waals surface area contributed by atoms with Crippen molar-refractivity contribution in [2.24, 2.45) is 0 Å². The van der Waals surface area contributed by atoms with Crippen LogP contribution in [0.25, 0.3) is 5.57 Å². The highest BCUT2D eigenvalue weighted by atomic mass is 16.5. The van der Waals surface area contributed by atoms with Gasteiger partial charge >= 0.3 is 0 Å². The van der Waals surface area contributed by atoms with Gasteiger partial charge in [-0.25, -0.2) is 4.98 Å². The average Bonchev–Trinajstić information content (AvgIpc) is 3.23. The van der Waals surface area contributed by atoms with E-state index in [1.165, 1.54) is 5.56 Å². The first-order valence-electron chi connectivity index (χ1n) is 11.2. The van der Waals surface area contributed by atoms with Gasteiger partial charge in [0.05, 0.1) is 12.8 Å². The zero-order valence-electron chi connectivity index (χ0n) is 19.6. The Balaban J connectivity index is 1.72. The molecule has 1 amide bonds. The zero-order chi connectivity index (χ0) is 23.4. The summed E-state index contributed by atoms with van der Waals surface area (Å²) < 4.78 is 11.5. The topological polar surface area (TPSA) is 60.5 Å². The molecule has 0 bridgehead atoms. The summed E-state index contributed by atoms with van der Waals surface area (Å²) in [6.45, 7) is 6.60. The van der Waals surface area contributed by atoms with Crippen molar-refractivity contribution < 1.29 is 14.3 Å². The van der Waals surface area contributed by atoms with E-state index in [0.29, 0.717) is 23.8 Å². The molecule has 1 aliphatic rings. The first kappa shape index (κ1) is 22.6. The van der Waals surface area contributed by atoms with Crippen molar-refractivity contribution in [3.05, 3.63) is 89.6 Å². The van der Waals surface area contributed by atoms with E-state index in [1.54, 1.807) is 7.11 Å². The number of ether oxygens (including phenoxy) is 2. The lowest BCUT2D eigenvalue weighted by molar-refractivity contribution is -0.119. The second-order valence-electron chi connectivity index (χ2n) is 9.24. The summed E-state index contributed by atoms with van der Waals surface area (Å²) in [6.07, 6.45) is 3.41. The molecule has 1 aliphatic heterocycles. The lowest BCUT2D eigenvalue weighted by atomic mass is 9.86. The molecule has 1 N–H and O–H groups in total. The molecule has 170 valence electrons. The van der Waals surface area contributed by atoms with Gasteiger partial charge in [0.2, 0.25) is 5.91 Å². The zero-order valence-corrected chi connectivity index (χ0v) is 19.6. The van der Waals surface area contributed by atoms with Gasteiger partial charge in [0.15, 0.2) is 5.75 Å². The number of carbonyl (C=O) groups is 1. The number of nitrogens with zero attached hydrogens (tertiary/aromatic N) is 1. The summed E-state index contributed by atoms with van der Waals surface area (Å²) in [5, 5.41) is 3.03. The van der Waals surface area contributed by atoms with Gasteiger partial charge in [0, 0.05) is 18.0 Å². The minimum Gasteiger partial charge on any atom is -0.478 e. The predicted octanol–water partition coefficient (Wildman–Crippen LogP) is 5.89. The van der Waals surface area contributed by atoms with Crippen LogP contribution in [0.3, 0.4) is 0 Å². The normalized spacial score (nSPS) is 16.4. The fraction of sp³-hybridized carbons (Fsp3) is 0.286. The Bertz CT molecular complexity index is 1150. The van der Waals surface area contributed by atoms with Crippen molar-refractivity contribution in [3.63, 3.8) is 0 Å². The first-order chi connectivity index (χ1) is 15.8. The third kappa shape index (κ3) is 5.43. The maximum Gasteiger partial charge on any atom is 0.257 e. The van der Waals surface area contributed by atoms with E-state index in [9.17, 15) is 4.79 Å². The highest BCUT2D eigenvalue weighted by Gasteiger charge is 2.22. The number of hydrogen-bond acceptors (Lipinski definition) is 4. The van der Waals surface area contributed by atoms with Gasteiger partial charge in [-0.1, -0.05) is 69.3 Å². The quantitative estimate of drug-likeness (QED) is 0.517. The van der Waals surface area contributed by atoms with E-state index in [2.05, 4.69) is 56.4 Å². The number of aromatic nitrogens is 1. The van der Waals surface area contributed by atoms with Crippen LogP contribution in [0.1, 0.15) is 50.4 Å². The molecule has 0 unspecified atom stereocenters. The van der Waals surface area contributed by atoms with Crippen molar-refractivity contribution in [2.75, 3.05) is 7.11 Å². The number of nitrogens with one attached hydrogen (secondary N) is 1. The second kappa shape index (κ2) is 9.49. The number of pyridine rings is 1. The number of methoxy groups -OCH3 is 1. The van der Waals surface area contributed by atoms with E-state index in [1.807, 2.05) is 42.5 Å². The van der Waals surface area contributed by atoms with Crippen LogP contribution >= 0.6 is 0 Å². The third-order valence-corrected chi connectivity index (χ3v) is 5.72. The molecule has 4 rings (SSSR count). The maximum atomic E-state index is 11.8. The fourth-order valence-corrected chi connectivity index (χ4v) is 3.86. The summed E-state index contributed by atoms with van der Waals surface area (Å²) >= 11 is 0. The van der Waals surface area contributed by atoms with E-state index in [4.69, 9.17) is 14.5 Å². The molecule has 1 fully saturated rings. The van der Waals surface area contributed by atoms with Crippen LogP contribution in [0.2, 0.25) is 0 Å². The molecule has 3 aromatic rings. The van der Waals surface area contributed by atoms with Crippen LogP contribution in [0, 0.1) is 0 Å². The molecular weight excluding hydrogens is 412 g/mol. The van der Waals surface area contributed by atoms with Crippen LogP contribution in [0.5, 0.6) is 17.4 Å². The summed E-state index contributed by atoms with van der Waals surface area (Å²) in [4.78, 5) is 16.6. The molecule has 0 saturated carbocycles. The van der Waals surface area contributed by atoms with Gasteiger partial charge in [-0.05, 0) is 47.2 Å². The molecule has 0 aliphatic carbocycles. The van der Waals surface area contributed by atoms with E-state index >= 15 is 0 Å². The maximum absolute atomic E-state index is 11.8. The smallest absolute Gasteiger partial charge is 0.257 e. The number of amides is 1.